The summed E-state index contributed by atoms with van der Waals surface area (Å²) in [4.78, 5) is 18.6. The number of ether oxygens (including phenoxy) is 1. The van der Waals surface area contributed by atoms with Crippen molar-refractivity contribution in [2.24, 2.45) is 0 Å². The Labute approximate surface area is 116 Å². The number of nitrogens with zero attached hydrogens (tertiary/aromatic N) is 2. The van der Waals surface area contributed by atoms with E-state index in [4.69, 9.17) is 21.4 Å². The predicted molar refractivity (Wildman–Crippen MR) is 68.2 cm³/mol. The van der Waals surface area contributed by atoms with Crippen LogP contribution in [0.2, 0.25) is 5.02 Å². The molecule has 1 aromatic heterocycles. The number of aromatic nitrogens is 2. The summed E-state index contributed by atoms with van der Waals surface area (Å²) >= 11 is 9.02. The molecular formula is C11H6BrClN2O3. The van der Waals surface area contributed by atoms with Gasteiger partial charge in [-0.2, -0.15) is 0 Å². The lowest BCUT2D eigenvalue weighted by Gasteiger charge is -2.08. The van der Waals surface area contributed by atoms with Gasteiger partial charge in [0, 0.05) is 4.47 Å². The molecule has 18 heavy (non-hydrogen) atoms. The minimum absolute atomic E-state index is 0.0130. The monoisotopic (exact) mass is 328 g/mol. The smallest absolute Gasteiger partial charge is 0.339 e. The van der Waals surface area contributed by atoms with E-state index in [1.807, 2.05) is 0 Å². The fourth-order valence-corrected chi connectivity index (χ4v) is 1.74. The van der Waals surface area contributed by atoms with E-state index in [1.165, 1.54) is 24.7 Å². The molecule has 0 saturated carbocycles. The average Bonchev–Trinajstić information content (AvgIpc) is 2.34. The zero-order chi connectivity index (χ0) is 13.1. The highest BCUT2D eigenvalue weighted by molar-refractivity contribution is 9.10. The fraction of sp³-hybridized carbons (Fsp3) is 0. The van der Waals surface area contributed by atoms with E-state index in [1.54, 1.807) is 6.07 Å². The Hall–Kier alpha value is -1.66. The molecule has 0 aliphatic heterocycles. The Balaban J connectivity index is 2.41. The Bertz CT molecular complexity index is 607. The van der Waals surface area contributed by atoms with Gasteiger partial charge in [0.05, 0.1) is 6.20 Å². The standard InChI is InChI=1S/C11H6BrClN2O3/c12-6-1-2-9(7(3-6)11(16)17)18-10-8(13)4-14-5-15-10/h1-5H,(H,16,17). The lowest BCUT2D eigenvalue weighted by Crippen LogP contribution is -2.01. The third kappa shape index (κ3) is 2.77. The molecule has 1 N–H and O–H groups in total. The minimum atomic E-state index is -1.10. The van der Waals surface area contributed by atoms with Gasteiger partial charge < -0.3 is 9.84 Å². The SMILES string of the molecule is O=C(O)c1cc(Br)ccc1Oc1ncncc1Cl. The number of hydrogen-bond donors (Lipinski definition) is 1. The highest BCUT2D eigenvalue weighted by Gasteiger charge is 2.14. The molecule has 0 amide bonds. The first-order valence-corrected chi connectivity index (χ1v) is 5.91. The van der Waals surface area contributed by atoms with Crippen LogP contribution in [-0.4, -0.2) is 21.0 Å². The molecule has 0 bridgehead atoms. The highest BCUT2D eigenvalue weighted by Crippen LogP contribution is 2.30. The van der Waals surface area contributed by atoms with Gasteiger partial charge in [-0.1, -0.05) is 27.5 Å². The van der Waals surface area contributed by atoms with Gasteiger partial charge in [-0.25, -0.2) is 14.8 Å². The van der Waals surface area contributed by atoms with Gasteiger partial charge in [-0.3, -0.25) is 0 Å². The molecule has 0 aliphatic carbocycles. The first-order chi connectivity index (χ1) is 8.58. The van der Waals surface area contributed by atoms with Crippen molar-refractivity contribution in [1.29, 1.82) is 0 Å². The molecule has 0 aliphatic rings. The molecular weight excluding hydrogens is 323 g/mol. The zero-order valence-corrected chi connectivity index (χ0v) is 11.1. The molecule has 92 valence electrons. The molecule has 0 saturated heterocycles. The largest absolute Gasteiger partial charge is 0.478 e. The van der Waals surface area contributed by atoms with Crippen molar-refractivity contribution in [1.82, 2.24) is 9.97 Å². The van der Waals surface area contributed by atoms with Gasteiger partial charge in [0.25, 0.3) is 0 Å². The molecule has 2 rings (SSSR count). The van der Waals surface area contributed by atoms with Crippen LogP contribution in [0.1, 0.15) is 10.4 Å². The van der Waals surface area contributed by atoms with E-state index in [9.17, 15) is 4.79 Å². The highest BCUT2D eigenvalue weighted by atomic mass is 79.9. The number of benzene rings is 1. The van der Waals surface area contributed by atoms with E-state index < -0.39 is 5.97 Å². The van der Waals surface area contributed by atoms with Crippen molar-refractivity contribution in [3.63, 3.8) is 0 Å². The second-order valence-electron chi connectivity index (χ2n) is 3.22. The first-order valence-electron chi connectivity index (χ1n) is 4.74. The average molecular weight is 330 g/mol. The molecule has 5 nitrogen and oxygen atoms in total. The van der Waals surface area contributed by atoms with Crippen LogP contribution in [0.15, 0.2) is 35.2 Å². The van der Waals surface area contributed by atoms with Gasteiger partial charge in [-0.05, 0) is 18.2 Å². The van der Waals surface area contributed by atoms with E-state index in [0.717, 1.165) is 0 Å². The second-order valence-corrected chi connectivity index (χ2v) is 4.55. The number of halogens is 2. The van der Waals surface area contributed by atoms with Crippen LogP contribution in [0.25, 0.3) is 0 Å². The van der Waals surface area contributed by atoms with Crippen LogP contribution in [0, 0.1) is 0 Å². The normalized spacial score (nSPS) is 10.1. The van der Waals surface area contributed by atoms with Crippen molar-refractivity contribution >= 4 is 33.5 Å². The topological polar surface area (TPSA) is 72.3 Å². The van der Waals surface area contributed by atoms with Crippen molar-refractivity contribution in [2.75, 3.05) is 0 Å². The molecule has 0 unspecified atom stereocenters. The van der Waals surface area contributed by atoms with Crippen LogP contribution in [0.3, 0.4) is 0 Å². The van der Waals surface area contributed by atoms with Gasteiger partial charge in [0.1, 0.15) is 22.7 Å². The Morgan fingerprint density at radius 3 is 2.89 bits per heavy atom. The van der Waals surface area contributed by atoms with Gasteiger partial charge in [-0.15, -0.1) is 0 Å². The Morgan fingerprint density at radius 1 is 1.44 bits per heavy atom. The molecule has 0 spiro atoms. The summed E-state index contributed by atoms with van der Waals surface area (Å²) < 4.78 is 6.01. The molecule has 0 atom stereocenters. The summed E-state index contributed by atoms with van der Waals surface area (Å²) in [7, 11) is 0. The van der Waals surface area contributed by atoms with Crippen LogP contribution < -0.4 is 4.74 Å². The van der Waals surface area contributed by atoms with E-state index in [2.05, 4.69) is 25.9 Å². The Morgan fingerprint density at radius 2 is 2.22 bits per heavy atom. The fourth-order valence-electron chi connectivity index (χ4n) is 1.24. The number of rotatable bonds is 3. The van der Waals surface area contributed by atoms with Crippen LogP contribution in [0.5, 0.6) is 11.6 Å². The number of carboxylic acid groups (broad SMARTS) is 1. The maximum atomic E-state index is 11.1. The van der Waals surface area contributed by atoms with Gasteiger partial charge in [0.2, 0.25) is 5.88 Å². The quantitative estimate of drug-likeness (QED) is 0.934. The summed E-state index contributed by atoms with van der Waals surface area (Å²) in [5.74, 6) is -0.834. The molecule has 0 fully saturated rings. The van der Waals surface area contributed by atoms with Crippen LogP contribution in [-0.2, 0) is 0 Å². The third-order valence-electron chi connectivity index (χ3n) is 2.01. The third-order valence-corrected chi connectivity index (χ3v) is 2.77. The minimum Gasteiger partial charge on any atom is -0.478 e. The van der Waals surface area contributed by atoms with E-state index >= 15 is 0 Å². The molecule has 7 heteroatoms. The number of aromatic carboxylic acids is 1. The van der Waals surface area contributed by atoms with Crippen LogP contribution in [0.4, 0.5) is 0 Å². The molecule has 2 aromatic rings. The first kappa shape index (κ1) is 12.8. The maximum absolute atomic E-state index is 11.1. The van der Waals surface area contributed by atoms with E-state index in [-0.39, 0.29) is 22.2 Å². The van der Waals surface area contributed by atoms with Crippen LogP contribution >= 0.6 is 27.5 Å². The van der Waals surface area contributed by atoms with E-state index in [0.29, 0.717) is 4.47 Å². The summed E-state index contributed by atoms with van der Waals surface area (Å²) in [6.45, 7) is 0. The lowest BCUT2D eigenvalue weighted by atomic mass is 10.2. The molecule has 0 radical (unpaired) electrons. The zero-order valence-electron chi connectivity index (χ0n) is 8.80. The maximum Gasteiger partial charge on any atom is 0.339 e. The lowest BCUT2D eigenvalue weighted by molar-refractivity contribution is 0.0694. The van der Waals surface area contributed by atoms with Gasteiger partial charge >= 0.3 is 5.97 Å². The molecule has 1 aromatic carbocycles. The van der Waals surface area contributed by atoms with Crippen molar-refractivity contribution in [3.8, 4) is 11.6 Å². The van der Waals surface area contributed by atoms with Crippen molar-refractivity contribution in [3.05, 3.63) is 45.8 Å². The summed E-state index contributed by atoms with van der Waals surface area (Å²) in [6, 6.07) is 4.62. The predicted octanol–water partition coefficient (Wildman–Crippen LogP) is 3.38. The number of hydrogen-bond acceptors (Lipinski definition) is 4. The second kappa shape index (κ2) is 5.32. The summed E-state index contributed by atoms with van der Waals surface area (Å²) in [5, 5.41) is 9.28. The number of carboxylic acids is 1. The molecule has 1 heterocycles. The summed E-state index contributed by atoms with van der Waals surface area (Å²) in [6.07, 6.45) is 2.63. The van der Waals surface area contributed by atoms with Gasteiger partial charge in [0.15, 0.2) is 0 Å². The Kier molecular flexibility index (Phi) is 3.78. The van der Waals surface area contributed by atoms with Crippen molar-refractivity contribution < 1.29 is 14.6 Å². The van der Waals surface area contributed by atoms with Crippen molar-refractivity contribution in [2.45, 2.75) is 0 Å². The number of carbonyl (C=O) groups is 1. The summed E-state index contributed by atoms with van der Waals surface area (Å²) in [5.41, 5.74) is 0.0130.